The molecule has 0 unspecified atom stereocenters. The summed E-state index contributed by atoms with van der Waals surface area (Å²) in [5.41, 5.74) is 1.45. The Morgan fingerprint density at radius 2 is 1.95 bits per heavy atom. The van der Waals surface area contributed by atoms with Gasteiger partial charge in [0, 0.05) is 6.04 Å². The maximum absolute atomic E-state index is 13.7. The highest BCUT2D eigenvalue weighted by atomic mass is 32.1. The van der Waals surface area contributed by atoms with Crippen LogP contribution < -0.4 is 5.32 Å². The SMILES string of the molecule is O=C(NC1[C@H]2[C@H]3CC[C@@H](C3)[C@H]12)c1cc(F)cc2[nH]c(=S)[nH]c12. The van der Waals surface area contributed by atoms with E-state index in [9.17, 15) is 9.18 Å². The second-order valence-electron chi connectivity index (χ2n) is 6.94. The van der Waals surface area contributed by atoms with Gasteiger partial charge in [0.1, 0.15) is 5.82 Å². The van der Waals surface area contributed by atoms with E-state index in [4.69, 9.17) is 12.2 Å². The Bertz CT molecular complexity index is 841. The smallest absolute Gasteiger partial charge is 0.253 e. The lowest BCUT2D eigenvalue weighted by Crippen LogP contribution is -2.30. The molecule has 0 aliphatic heterocycles. The monoisotopic (exact) mass is 317 g/mol. The van der Waals surface area contributed by atoms with E-state index in [1.807, 2.05) is 0 Å². The molecule has 22 heavy (non-hydrogen) atoms. The Hall–Kier alpha value is -1.69. The standard InChI is InChI=1S/C16H16FN3OS/c17-8-4-9(13-10(5-8)18-16(22)20-13)15(21)19-14-11-6-1-2-7(3-6)12(11)14/h4-7,11-12,14H,1-3H2,(H,19,21)(H2,18,20,22)/t6-,7-,11-,12-/m0/s1. The van der Waals surface area contributed by atoms with Crippen molar-refractivity contribution in [3.8, 4) is 0 Å². The lowest BCUT2D eigenvalue weighted by atomic mass is 10.0. The van der Waals surface area contributed by atoms with E-state index in [0.717, 1.165) is 11.8 Å². The zero-order chi connectivity index (χ0) is 15.0. The van der Waals surface area contributed by atoms with Gasteiger partial charge in [-0.25, -0.2) is 4.39 Å². The first-order valence-electron chi connectivity index (χ1n) is 7.84. The number of benzene rings is 1. The van der Waals surface area contributed by atoms with Gasteiger partial charge in [0.05, 0.1) is 16.6 Å². The number of imidazole rings is 1. The third-order valence-corrected chi connectivity index (χ3v) is 6.07. The third kappa shape index (κ3) is 1.67. The molecule has 3 aliphatic carbocycles. The molecule has 0 spiro atoms. The van der Waals surface area contributed by atoms with E-state index < -0.39 is 5.82 Å². The average molecular weight is 317 g/mol. The number of rotatable bonds is 2. The van der Waals surface area contributed by atoms with E-state index in [2.05, 4.69) is 15.3 Å². The molecule has 1 aromatic carbocycles. The highest BCUT2D eigenvalue weighted by Crippen LogP contribution is 2.65. The largest absolute Gasteiger partial charge is 0.349 e. The first-order chi connectivity index (χ1) is 10.6. The van der Waals surface area contributed by atoms with Crippen molar-refractivity contribution in [2.45, 2.75) is 25.3 Å². The second kappa shape index (κ2) is 4.19. The molecule has 1 amide bonds. The second-order valence-corrected chi connectivity index (χ2v) is 7.35. The fourth-order valence-electron chi connectivity index (χ4n) is 5.03. The van der Waals surface area contributed by atoms with Crippen LogP contribution in [0, 0.1) is 34.3 Å². The van der Waals surface area contributed by atoms with E-state index >= 15 is 0 Å². The van der Waals surface area contributed by atoms with Crippen LogP contribution in [0.5, 0.6) is 0 Å². The summed E-state index contributed by atoms with van der Waals surface area (Å²) >= 11 is 5.04. The van der Waals surface area contributed by atoms with Gasteiger partial charge in [0.25, 0.3) is 5.91 Å². The zero-order valence-corrected chi connectivity index (χ0v) is 12.7. The van der Waals surface area contributed by atoms with Crippen LogP contribution in [-0.2, 0) is 0 Å². The minimum atomic E-state index is -0.432. The Morgan fingerprint density at radius 1 is 1.23 bits per heavy atom. The van der Waals surface area contributed by atoms with E-state index in [0.29, 0.717) is 39.2 Å². The first kappa shape index (κ1) is 12.8. The number of hydrogen-bond acceptors (Lipinski definition) is 2. The fourth-order valence-corrected chi connectivity index (χ4v) is 5.25. The molecule has 6 heteroatoms. The van der Waals surface area contributed by atoms with Gasteiger partial charge >= 0.3 is 0 Å². The average Bonchev–Trinajstić information content (AvgIpc) is 2.83. The lowest BCUT2D eigenvalue weighted by Gasteiger charge is -2.11. The van der Waals surface area contributed by atoms with E-state index in [1.165, 1.54) is 31.4 Å². The molecule has 0 saturated heterocycles. The summed E-state index contributed by atoms with van der Waals surface area (Å²) in [6.07, 6.45) is 3.97. The molecule has 2 aromatic rings. The van der Waals surface area contributed by atoms with Crippen molar-refractivity contribution in [2.24, 2.45) is 23.7 Å². The lowest BCUT2D eigenvalue weighted by molar-refractivity contribution is 0.0945. The van der Waals surface area contributed by atoms with Gasteiger partial charge in [-0.15, -0.1) is 0 Å². The number of halogens is 1. The highest BCUT2D eigenvalue weighted by molar-refractivity contribution is 7.71. The summed E-state index contributed by atoms with van der Waals surface area (Å²) in [4.78, 5) is 18.4. The first-order valence-corrected chi connectivity index (χ1v) is 8.25. The van der Waals surface area contributed by atoms with Crippen LogP contribution >= 0.6 is 12.2 Å². The quantitative estimate of drug-likeness (QED) is 0.745. The van der Waals surface area contributed by atoms with Crippen LogP contribution in [0.2, 0.25) is 0 Å². The predicted molar refractivity (Wildman–Crippen MR) is 82.5 cm³/mol. The van der Waals surface area contributed by atoms with Crippen LogP contribution in [0.25, 0.3) is 11.0 Å². The number of aromatic amines is 2. The molecule has 4 nitrogen and oxygen atoms in total. The molecule has 4 atom stereocenters. The molecular formula is C16H16FN3OS. The summed E-state index contributed by atoms with van der Waals surface area (Å²) < 4.78 is 14.1. The van der Waals surface area contributed by atoms with Crippen LogP contribution in [0.1, 0.15) is 29.6 Å². The van der Waals surface area contributed by atoms with Crippen molar-refractivity contribution in [1.82, 2.24) is 15.3 Å². The molecule has 3 saturated carbocycles. The minimum Gasteiger partial charge on any atom is -0.349 e. The number of hydrogen-bond donors (Lipinski definition) is 3. The summed E-state index contributed by atoms with van der Waals surface area (Å²) in [7, 11) is 0. The number of nitrogens with one attached hydrogen (secondary N) is 3. The number of aromatic nitrogens is 2. The van der Waals surface area contributed by atoms with Crippen molar-refractivity contribution in [2.75, 3.05) is 0 Å². The Labute approximate surface area is 131 Å². The molecule has 3 N–H and O–H groups in total. The number of amides is 1. The predicted octanol–water partition coefficient (Wildman–Crippen LogP) is 3.14. The van der Waals surface area contributed by atoms with Crippen molar-refractivity contribution < 1.29 is 9.18 Å². The van der Waals surface area contributed by atoms with Crippen LogP contribution in [0.3, 0.4) is 0 Å². The van der Waals surface area contributed by atoms with Gasteiger partial charge in [-0.1, -0.05) is 0 Å². The normalized spacial score (nSPS) is 34.9. The summed E-state index contributed by atoms with van der Waals surface area (Å²) in [6, 6.07) is 2.92. The fraction of sp³-hybridized carbons (Fsp3) is 0.500. The number of H-pyrrole nitrogens is 2. The van der Waals surface area contributed by atoms with Gasteiger partial charge in [-0.05, 0) is 67.3 Å². The van der Waals surface area contributed by atoms with Gasteiger partial charge in [-0.3, -0.25) is 4.79 Å². The van der Waals surface area contributed by atoms with Crippen molar-refractivity contribution in [1.29, 1.82) is 0 Å². The number of carbonyl (C=O) groups is 1. The van der Waals surface area contributed by atoms with Gasteiger partial charge in [-0.2, -0.15) is 0 Å². The molecule has 0 radical (unpaired) electrons. The van der Waals surface area contributed by atoms with E-state index in [1.54, 1.807) is 0 Å². The van der Waals surface area contributed by atoms with E-state index in [-0.39, 0.29) is 5.91 Å². The van der Waals surface area contributed by atoms with Crippen molar-refractivity contribution in [3.63, 3.8) is 0 Å². The summed E-state index contributed by atoms with van der Waals surface area (Å²) in [6.45, 7) is 0. The van der Waals surface area contributed by atoms with Crippen LogP contribution in [0.4, 0.5) is 4.39 Å². The van der Waals surface area contributed by atoms with Crippen molar-refractivity contribution >= 4 is 29.2 Å². The molecule has 3 aliphatic rings. The molecule has 114 valence electrons. The Morgan fingerprint density at radius 3 is 2.68 bits per heavy atom. The minimum absolute atomic E-state index is 0.200. The van der Waals surface area contributed by atoms with Gasteiger partial charge in [0.15, 0.2) is 4.77 Å². The van der Waals surface area contributed by atoms with Gasteiger partial charge < -0.3 is 15.3 Å². The maximum atomic E-state index is 13.7. The topological polar surface area (TPSA) is 60.7 Å². The molecule has 3 fully saturated rings. The maximum Gasteiger partial charge on any atom is 0.253 e. The number of fused-ring (bicyclic) bond motifs is 6. The number of carbonyl (C=O) groups excluding carboxylic acids is 1. The zero-order valence-electron chi connectivity index (χ0n) is 11.9. The molecular weight excluding hydrogens is 301 g/mol. The summed E-state index contributed by atoms with van der Waals surface area (Å²) in [5, 5.41) is 3.13. The molecule has 2 bridgehead atoms. The Kier molecular flexibility index (Phi) is 2.44. The third-order valence-electron chi connectivity index (χ3n) is 5.87. The molecule has 1 heterocycles. The summed E-state index contributed by atoms with van der Waals surface area (Å²) in [5.74, 6) is 2.29. The van der Waals surface area contributed by atoms with Crippen molar-refractivity contribution in [3.05, 3.63) is 28.3 Å². The van der Waals surface area contributed by atoms with Crippen LogP contribution in [-0.4, -0.2) is 21.9 Å². The molecule has 1 aromatic heterocycles. The van der Waals surface area contributed by atoms with Crippen LogP contribution in [0.15, 0.2) is 12.1 Å². The van der Waals surface area contributed by atoms with Gasteiger partial charge in [0.2, 0.25) is 0 Å². The highest BCUT2D eigenvalue weighted by Gasteiger charge is 2.65. The Balaban J connectivity index is 1.45. The molecule has 5 rings (SSSR count).